The van der Waals surface area contributed by atoms with Crippen LogP contribution in [0.2, 0.25) is 0 Å². The van der Waals surface area contributed by atoms with Crippen LogP contribution in [0.25, 0.3) is 0 Å². The molecule has 0 spiro atoms. The quantitative estimate of drug-likeness (QED) is 0.899. The predicted octanol–water partition coefficient (Wildman–Crippen LogP) is 2.54. The van der Waals surface area contributed by atoms with Crippen LogP contribution in [0.3, 0.4) is 0 Å². The van der Waals surface area contributed by atoms with E-state index >= 15 is 0 Å². The molecule has 1 heterocycles. The maximum Gasteiger partial charge on any atom is 0.223 e. The molecular formula is C18H28N2O2. The molecule has 4 heteroatoms. The summed E-state index contributed by atoms with van der Waals surface area (Å²) in [6.07, 6.45) is 0.404. The molecule has 0 unspecified atom stereocenters. The number of morpholine rings is 1. The Morgan fingerprint density at radius 1 is 1.36 bits per heavy atom. The van der Waals surface area contributed by atoms with Crippen LogP contribution < -0.4 is 10.6 Å². The van der Waals surface area contributed by atoms with Gasteiger partial charge < -0.3 is 15.4 Å². The Balaban J connectivity index is 1.88. The van der Waals surface area contributed by atoms with E-state index in [0.29, 0.717) is 13.0 Å². The smallest absolute Gasteiger partial charge is 0.223 e. The third-order valence-electron chi connectivity index (χ3n) is 4.07. The van der Waals surface area contributed by atoms with Gasteiger partial charge in [-0.2, -0.15) is 0 Å². The van der Waals surface area contributed by atoms with Crippen molar-refractivity contribution in [2.75, 3.05) is 19.7 Å². The molecular weight excluding hydrogens is 276 g/mol. The number of hydrogen-bond donors (Lipinski definition) is 2. The van der Waals surface area contributed by atoms with Crippen molar-refractivity contribution in [3.8, 4) is 0 Å². The van der Waals surface area contributed by atoms with Crippen LogP contribution in [-0.4, -0.2) is 31.7 Å². The van der Waals surface area contributed by atoms with Crippen molar-refractivity contribution < 1.29 is 9.53 Å². The summed E-state index contributed by atoms with van der Waals surface area (Å²) in [6, 6.07) is 8.50. The molecule has 1 amide bonds. The molecule has 2 rings (SSSR count). The SMILES string of the molecule is C[C@@H](NC(=O)C[C@H]1CNCCO1)c1ccc(C(C)(C)C)cc1. The Morgan fingerprint density at radius 2 is 2.05 bits per heavy atom. The average molecular weight is 304 g/mol. The van der Waals surface area contributed by atoms with E-state index in [1.165, 1.54) is 5.56 Å². The number of hydrogen-bond acceptors (Lipinski definition) is 3. The fourth-order valence-corrected chi connectivity index (χ4v) is 2.61. The third-order valence-corrected chi connectivity index (χ3v) is 4.07. The number of amides is 1. The van der Waals surface area contributed by atoms with Gasteiger partial charge in [-0.1, -0.05) is 45.0 Å². The minimum atomic E-state index is -0.00998. The summed E-state index contributed by atoms with van der Waals surface area (Å²) < 4.78 is 5.57. The van der Waals surface area contributed by atoms with Gasteiger partial charge in [0.15, 0.2) is 0 Å². The Hall–Kier alpha value is -1.39. The molecule has 1 saturated heterocycles. The van der Waals surface area contributed by atoms with Crippen molar-refractivity contribution in [3.05, 3.63) is 35.4 Å². The van der Waals surface area contributed by atoms with E-state index in [-0.39, 0.29) is 23.5 Å². The van der Waals surface area contributed by atoms with Crippen molar-refractivity contribution in [2.24, 2.45) is 0 Å². The molecule has 2 N–H and O–H groups in total. The molecule has 2 atom stereocenters. The Labute approximate surface area is 133 Å². The molecule has 4 nitrogen and oxygen atoms in total. The van der Waals surface area contributed by atoms with E-state index in [1.807, 2.05) is 6.92 Å². The highest BCUT2D eigenvalue weighted by molar-refractivity contribution is 5.77. The second-order valence-corrected chi connectivity index (χ2v) is 7.06. The van der Waals surface area contributed by atoms with Gasteiger partial charge in [0.2, 0.25) is 5.91 Å². The second kappa shape index (κ2) is 7.25. The highest BCUT2D eigenvalue weighted by Gasteiger charge is 2.19. The van der Waals surface area contributed by atoms with Gasteiger partial charge in [0.05, 0.1) is 25.2 Å². The molecule has 1 aliphatic rings. The fraction of sp³-hybridized carbons (Fsp3) is 0.611. The van der Waals surface area contributed by atoms with Crippen LogP contribution in [0.15, 0.2) is 24.3 Å². The third kappa shape index (κ3) is 4.82. The number of carbonyl (C=O) groups is 1. The van der Waals surface area contributed by atoms with Crippen LogP contribution in [0.4, 0.5) is 0 Å². The summed E-state index contributed by atoms with van der Waals surface area (Å²) in [5.74, 6) is 0.0427. The molecule has 122 valence electrons. The second-order valence-electron chi connectivity index (χ2n) is 7.06. The van der Waals surface area contributed by atoms with Crippen molar-refractivity contribution in [3.63, 3.8) is 0 Å². The number of rotatable bonds is 4. The van der Waals surface area contributed by atoms with Gasteiger partial charge in [-0.3, -0.25) is 4.79 Å². The predicted molar refractivity (Wildman–Crippen MR) is 88.9 cm³/mol. The maximum absolute atomic E-state index is 12.1. The minimum Gasteiger partial charge on any atom is -0.375 e. The standard InChI is InChI=1S/C18H28N2O2/c1-13(14-5-7-15(8-6-14)18(2,3)4)20-17(21)11-16-12-19-9-10-22-16/h5-8,13,16,19H,9-12H2,1-4H3,(H,20,21)/t13-,16+/m1/s1. The van der Waals surface area contributed by atoms with E-state index in [4.69, 9.17) is 4.74 Å². The van der Waals surface area contributed by atoms with Crippen LogP contribution in [0.1, 0.15) is 51.3 Å². The lowest BCUT2D eigenvalue weighted by molar-refractivity contribution is -0.125. The monoisotopic (exact) mass is 304 g/mol. The summed E-state index contributed by atoms with van der Waals surface area (Å²) in [6.45, 7) is 10.9. The van der Waals surface area contributed by atoms with E-state index in [1.54, 1.807) is 0 Å². The first-order chi connectivity index (χ1) is 10.4. The zero-order valence-corrected chi connectivity index (χ0v) is 14.1. The molecule has 0 saturated carbocycles. The molecule has 1 aromatic carbocycles. The summed E-state index contributed by atoms with van der Waals surface area (Å²) in [4.78, 5) is 12.1. The lowest BCUT2D eigenvalue weighted by Crippen LogP contribution is -2.41. The number of ether oxygens (including phenoxy) is 1. The summed E-state index contributed by atoms with van der Waals surface area (Å²) in [7, 11) is 0. The fourth-order valence-electron chi connectivity index (χ4n) is 2.61. The highest BCUT2D eigenvalue weighted by Crippen LogP contribution is 2.23. The van der Waals surface area contributed by atoms with E-state index in [9.17, 15) is 4.79 Å². The van der Waals surface area contributed by atoms with E-state index in [2.05, 4.69) is 55.7 Å². The first kappa shape index (κ1) is 17.0. The molecule has 0 radical (unpaired) electrons. The van der Waals surface area contributed by atoms with Crippen molar-refractivity contribution in [2.45, 2.75) is 51.7 Å². The minimum absolute atomic E-state index is 0.00998. The van der Waals surface area contributed by atoms with Gasteiger partial charge in [0.1, 0.15) is 0 Å². The number of carbonyl (C=O) groups excluding carboxylic acids is 1. The van der Waals surface area contributed by atoms with Crippen molar-refractivity contribution in [1.82, 2.24) is 10.6 Å². The molecule has 0 aromatic heterocycles. The summed E-state index contributed by atoms with van der Waals surface area (Å²) in [5, 5.41) is 6.30. The zero-order chi connectivity index (χ0) is 16.2. The van der Waals surface area contributed by atoms with Crippen LogP contribution in [-0.2, 0) is 14.9 Å². The summed E-state index contributed by atoms with van der Waals surface area (Å²) >= 11 is 0. The highest BCUT2D eigenvalue weighted by atomic mass is 16.5. The van der Waals surface area contributed by atoms with Gasteiger partial charge in [0.25, 0.3) is 0 Å². The molecule has 1 aliphatic heterocycles. The first-order valence-electron chi connectivity index (χ1n) is 8.08. The van der Waals surface area contributed by atoms with Gasteiger partial charge in [-0.25, -0.2) is 0 Å². The largest absolute Gasteiger partial charge is 0.375 e. The van der Waals surface area contributed by atoms with Crippen LogP contribution in [0, 0.1) is 0 Å². The number of nitrogens with one attached hydrogen (secondary N) is 2. The first-order valence-corrected chi connectivity index (χ1v) is 8.08. The topological polar surface area (TPSA) is 50.4 Å². The lowest BCUT2D eigenvalue weighted by atomic mass is 9.86. The van der Waals surface area contributed by atoms with E-state index < -0.39 is 0 Å². The zero-order valence-electron chi connectivity index (χ0n) is 14.1. The van der Waals surface area contributed by atoms with Crippen LogP contribution >= 0.6 is 0 Å². The normalized spacial score (nSPS) is 20.5. The van der Waals surface area contributed by atoms with Crippen molar-refractivity contribution >= 4 is 5.91 Å². The average Bonchev–Trinajstić information content (AvgIpc) is 2.47. The summed E-state index contributed by atoms with van der Waals surface area (Å²) in [5.41, 5.74) is 2.58. The van der Waals surface area contributed by atoms with Gasteiger partial charge in [-0.15, -0.1) is 0 Å². The van der Waals surface area contributed by atoms with Gasteiger partial charge >= 0.3 is 0 Å². The molecule has 22 heavy (non-hydrogen) atoms. The Morgan fingerprint density at radius 3 is 2.59 bits per heavy atom. The van der Waals surface area contributed by atoms with Gasteiger partial charge in [-0.05, 0) is 23.5 Å². The van der Waals surface area contributed by atoms with Crippen molar-refractivity contribution in [1.29, 1.82) is 0 Å². The Bertz CT molecular complexity index is 485. The lowest BCUT2D eigenvalue weighted by Gasteiger charge is -2.24. The maximum atomic E-state index is 12.1. The molecule has 1 aromatic rings. The number of benzene rings is 1. The molecule has 0 aliphatic carbocycles. The van der Waals surface area contributed by atoms with Gasteiger partial charge in [0, 0.05) is 13.1 Å². The van der Waals surface area contributed by atoms with Crippen LogP contribution in [0.5, 0.6) is 0 Å². The Kier molecular flexibility index (Phi) is 5.59. The van der Waals surface area contributed by atoms with E-state index in [0.717, 1.165) is 18.7 Å². The molecule has 1 fully saturated rings. The molecule has 0 bridgehead atoms.